The minimum Gasteiger partial charge on any atom is -0.479 e. The molecule has 0 atom stereocenters. The summed E-state index contributed by atoms with van der Waals surface area (Å²) in [5.74, 6) is -0.124. The number of carboxylic acid groups (broad SMARTS) is 1. The average molecular weight is 226 g/mol. The summed E-state index contributed by atoms with van der Waals surface area (Å²) in [7, 11) is 0. The molecule has 0 aromatic carbocycles. The molecule has 16 heavy (non-hydrogen) atoms. The molecule has 92 valence electrons. The van der Waals surface area contributed by atoms with Gasteiger partial charge in [0.25, 0.3) is 0 Å². The van der Waals surface area contributed by atoms with Crippen LogP contribution in [-0.2, 0) is 9.53 Å². The Bertz CT molecular complexity index is 240. The molecule has 0 saturated heterocycles. The highest BCUT2D eigenvalue weighted by Gasteiger charge is 2.42. The first-order valence-electron chi connectivity index (χ1n) is 6.13. The summed E-state index contributed by atoms with van der Waals surface area (Å²) >= 11 is 0. The molecule has 3 heteroatoms. The molecule has 1 aliphatic carbocycles. The van der Waals surface area contributed by atoms with Crippen LogP contribution in [0.2, 0.25) is 0 Å². The number of aliphatic carboxylic acids is 1. The van der Waals surface area contributed by atoms with Crippen molar-refractivity contribution in [3.63, 3.8) is 0 Å². The van der Waals surface area contributed by atoms with Gasteiger partial charge in [0.15, 0.2) is 5.60 Å². The molecule has 0 aliphatic heterocycles. The van der Waals surface area contributed by atoms with Gasteiger partial charge in [-0.3, -0.25) is 0 Å². The van der Waals surface area contributed by atoms with Crippen molar-refractivity contribution in [1.82, 2.24) is 0 Å². The molecule has 0 spiro atoms. The molecule has 1 saturated carbocycles. The zero-order valence-corrected chi connectivity index (χ0v) is 10.1. The molecule has 0 unspecified atom stereocenters. The van der Waals surface area contributed by atoms with Gasteiger partial charge in [0.05, 0.1) is 6.61 Å². The molecule has 1 fully saturated rings. The quantitative estimate of drug-likeness (QED) is 0.559. The Balaban J connectivity index is 2.54. The van der Waals surface area contributed by atoms with Gasteiger partial charge >= 0.3 is 5.97 Å². The van der Waals surface area contributed by atoms with E-state index in [4.69, 9.17) is 4.74 Å². The lowest BCUT2D eigenvalue weighted by molar-refractivity contribution is -0.172. The van der Waals surface area contributed by atoms with Gasteiger partial charge in [0, 0.05) is 0 Å². The van der Waals surface area contributed by atoms with Crippen molar-refractivity contribution in [3.05, 3.63) is 12.7 Å². The maximum absolute atomic E-state index is 11.3. The van der Waals surface area contributed by atoms with Gasteiger partial charge in [-0.05, 0) is 38.0 Å². The Hall–Kier alpha value is -0.830. The number of carbonyl (C=O) groups is 1. The van der Waals surface area contributed by atoms with Crippen LogP contribution in [0, 0.1) is 5.92 Å². The molecule has 1 rings (SSSR count). The van der Waals surface area contributed by atoms with Crippen LogP contribution in [0.4, 0.5) is 0 Å². The molecule has 0 amide bonds. The van der Waals surface area contributed by atoms with E-state index in [1.807, 2.05) is 0 Å². The summed E-state index contributed by atoms with van der Waals surface area (Å²) in [6.07, 6.45) is 6.85. The second-order valence-electron chi connectivity index (χ2n) is 4.58. The van der Waals surface area contributed by atoms with Crippen molar-refractivity contribution in [3.8, 4) is 0 Å². The number of carboxylic acids is 1. The Kier molecular flexibility index (Phi) is 5.00. The highest BCUT2D eigenvalue weighted by molar-refractivity contribution is 5.77. The van der Waals surface area contributed by atoms with Crippen molar-refractivity contribution in [2.45, 2.75) is 51.0 Å². The van der Waals surface area contributed by atoms with E-state index in [0.29, 0.717) is 31.8 Å². The van der Waals surface area contributed by atoms with Crippen molar-refractivity contribution >= 4 is 5.97 Å². The lowest BCUT2D eigenvalue weighted by atomic mass is 9.77. The van der Waals surface area contributed by atoms with E-state index < -0.39 is 11.6 Å². The Labute approximate surface area is 97.5 Å². The second-order valence-corrected chi connectivity index (χ2v) is 4.58. The minimum absolute atomic E-state index is 0.465. The normalized spacial score (nSPS) is 29.9. The average Bonchev–Trinajstić information content (AvgIpc) is 2.30. The fourth-order valence-corrected chi connectivity index (χ4v) is 2.31. The van der Waals surface area contributed by atoms with Crippen LogP contribution >= 0.6 is 0 Å². The van der Waals surface area contributed by atoms with E-state index in [9.17, 15) is 9.90 Å². The predicted molar refractivity (Wildman–Crippen MR) is 63.4 cm³/mol. The van der Waals surface area contributed by atoms with E-state index in [1.165, 1.54) is 0 Å². The van der Waals surface area contributed by atoms with Gasteiger partial charge in [-0.1, -0.05) is 19.4 Å². The zero-order valence-electron chi connectivity index (χ0n) is 10.1. The van der Waals surface area contributed by atoms with E-state index in [-0.39, 0.29) is 0 Å². The molecule has 0 aromatic rings. The fourth-order valence-electron chi connectivity index (χ4n) is 2.31. The van der Waals surface area contributed by atoms with Crippen LogP contribution in [0.5, 0.6) is 0 Å². The second kappa shape index (κ2) is 6.04. The number of rotatable bonds is 6. The summed E-state index contributed by atoms with van der Waals surface area (Å²) < 4.78 is 5.59. The fraction of sp³-hybridized carbons (Fsp3) is 0.769. The van der Waals surface area contributed by atoms with E-state index >= 15 is 0 Å². The van der Waals surface area contributed by atoms with E-state index in [2.05, 4.69) is 13.5 Å². The number of hydrogen-bond donors (Lipinski definition) is 1. The highest BCUT2D eigenvalue weighted by atomic mass is 16.5. The van der Waals surface area contributed by atoms with Gasteiger partial charge in [0.1, 0.15) is 0 Å². The molecule has 1 N–H and O–H groups in total. The molecule has 3 nitrogen and oxygen atoms in total. The van der Waals surface area contributed by atoms with Gasteiger partial charge in [-0.15, -0.1) is 6.58 Å². The molecule has 0 radical (unpaired) electrons. The van der Waals surface area contributed by atoms with Crippen molar-refractivity contribution < 1.29 is 14.6 Å². The summed E-state index contributed by atoms with van der Waals surface area (Å²) in [5.41, 5.74) is -0.922. The third-order valence-electron chi connectivity index (χ3n) is 3.58. The lowest BCUT2D eigenvalue weighted by Crippen LogP contribution is -2.45. The molecular formula is C13H22O3. The van der Waals surface area contributed by atoms with Crippen LogP contribution in [0.15, 0.2) is 12.7 Å². The van der Waals surface area contributed by atoms with E-state index in [1.54, 1.807) is 6.08 Å². The number of hydrogen-bond acceptors (Lipinski definition) is 2. The minimum atomic E-state index is -0.922. The number of ether oxygens (including phenoxy) is 1. The standard InChI is InChI=1S/C13H22O3/c1-3-5-10-16-13(12(14)15)8-6-11(4-2)7-9-13/h3,11H,1,4-10H2,2H3,(H,14,15). The first-order valence-corrected chi connectivity index (χ1v) is 6.13. The first kappa shape index (κ1) is 13.2. The third-order valence-corrected chi connectivity index (χ3v) is 3.58. The molecule has 0 aromatic heterocycles. The van der Waals surface area contributed by atoms with Crippen molar-refractivity contribution in [1.29, 1.82) is 0 Å². The summed E-state index contributed by atoms with van der Waals surface area (Å²) in [6, 6.07) is 0. The van der Waals surface area contributed by atoms with Gasteiger partial charge in [-0.25, -0.2) is 4.79 Å². The van der Waals surface area contributed by atoms with E-state index in [0.717, 1.165) is 19.3 Å². The molecule has 1 aliphatic rings. The van der Waals surface area contributed by atoms with Crippen LogP contribution in [0.3, 0.4) is 0 Å². The maximum atomic E-state index is 11.3. The smallest absolute Gasteiger partial charge is 0.335 e. The Morgan fingerprint density at radius 1 is 1.56 bits per heavy atom. The van der Waals surface area contributed by atoms with Crippen LogP contribution in [0.25, 0.3) is 0 Å². The Morgan fingerprint density at radius 2 is 2.19 bits per heavy atom. The summed E-state index contributed by atoms with van der Waals surface area (Å²) in [4.78, 5) is 11.3. The molecule has 0 heterocycles. The van der Waals surface area contributed by atoms with Gasteiger partial charge in [-0.2, -0.15) is 0 Å². The summed E-state index contributed by atoms with van der Waals surface area (Å²) in [6.45, 7) is 6.24. The third kappa shape index (κ3) is 3.08. The van der Waals surface area contributed by atoms with Crippen molar-refractivity contribution in [2.24, 2.45) is 5.92 Å². The first-order chi connectivity index (χ1) is 7.64. The zero-order chi connectivity index (χ0) is 12.0. The van der Waals surface area contributed by atoms with Crippen molar-refractivity contribution in [2.75, 3.05) is 6.61 Å². The Morgan fingerprint density at radius 3 is 2.62 bits per heavy atom. The summed E-state index contributed by atoms with van der Waals surface area (Å²) in [5, 5.41) is 9.30. The SMILES string of the molecule is C=CCCOC1(C(=O)O)CCC(CC)CC1. The predicted octanol–water partition coefficient (Wildman–Crippen LogP) is 3.00. The van der Waals surface area contributed by atoms with Crippen LogP contribution in [0.1, 0.15) is 45.4 Å². The van der Waals surface area contributed by atoms with Gasteiger partial charge < -0.3 is 9.84 Å². The van der Waals surface area contributed by atoms with Gasteiger partial charge in [0.2, 0.25) is 0 Å². The van der Waals surface area contributed by atoms with Crippen LogP contribution in [-0.4, -0.2) is 23.3 Å². The molecular weight excluding hydrogens is 204 g/mol. The lowest BCUT2D eigenvalue weighted by Gasteiger charge is -2.36. The topological polar surface area (TPSA) is 46.5 Å². The maximum Gasteiger partial charge on any atom is 0.335 e. The van der Waals surface area contributed by atoms with Crippen LogP contribution < -0.4 is 0 Å². The largest absolute Gasteiger partial charge is 0.479 e. The highest BCUT2D eigenvalue weighted by Crippen LogP contribution is 2.36. The monoisotopic (exact) mass is 226 g/mol. The molecule has 0 bridgehead atoms.